The highest BCUT2D eigenvalue weighted by atomic mass is 16.5. The van der Waals surface area contributed by atoms with E-state index < -0.39 is 0 Å². The first-order chi connectivity index (χ1) is 16.5. The number of benzene rings is 2. The van der Waals surface area contributed by atoms with Gasteiger partial charge in [0.1, 0.15) is 17.5 Å². The standard InChI is InChI=1S/C26H26N6O2/c1-16-15-28-29-17(2)25(16)18(3)34-20-5-7-23-22(13-20)26(31-30-23)21-6-4-19(14-27)12-24(21)32-8-10-33-11-9-32/h4-7,12-13,15,18H,8-11H2,1-3H3,(H,30,31)/t18-/m1/s1. The van der Waals surface area contributed by atoms with Crippen LogP contribution in [-0.2, 0) is 4.74 Å². The van der Waals surface area contributed by atoms with Gasteiger partial charge in [-0.2, -0.15) is 20.6 Å². The van der Waals surface area contributed by atoms with Gasteiger partial charge >= 0.3 is 0 Å². The van der Waals surface area contributed by atoms with E-state index in [1.165, 1.54) is 0 Å². The highest BCUT2D eigenvalue weighted by Crippen LogP contribution is 2.37. The third kappa shape index (κ3) is 4.06. The molecule has 1 N–H and O–H groups in total. The molecule has 1 fully saturated rings. The second kappa shape index (κ2) is 9.12. The quantitative estimate of drug-likeness (QED) is 0.474. The van der Waals surface area contributed by atoms with Crippen LogP contribution in [0.25, 0.3) is 22.2 Å². The monoisotopic (exact) mass is 454 g/mol. The smallest absolute Gasteiger partial charge is 0.123 e. The number of nitriles is 1. The lowest BCUT2D eigenvalue weighted by atomic mass is 10.0. The first-order valence-corrected chi connectivity index (χ1v) is 11.4. The molecule has 0 amide bonds. The summed E-state index contributed by atoms with van der Waals surface area (Å²) < 4.78 is 11.9. The van der Waals surface area contributed by atoms with Crippen LogP contribution in [0.2, 0.25) is 0 Å². The SMILES string of the molecule is Cc1cnnc(C)c1[C@@H](C)Oc1ccc2[nH]nc(-c3ccc(C#N)cc3N3CCOCC3)c2c1. The van der Waals surface area contributed by atoms with Gasteiger partial charge in [0.05, 0.1) is 42.3 Å². The Bertz CT molecular complexity index is 1360. The summed E-state index contributed by atoms with van der Waals surface area (Å²) in [7, 11) is 0. The van der Waals surface area contributed by atoms with Crippen molar-refractivity contribution in [2.45, 2.75) is 26.9 Å². The lowest BCUT2D eigenvalue weighted by molar-refractivity contribution is 0.123. The molecule has 1 atom stereocenters. The number of aromatic amines is 1. The van der Waals surface area contributed by atoms with E-state index in [0.29, 0.717) is 18.8 Å². The zero-order chi connectivity index (χ0) is 23.7. The van der Waals surface area contributed by atoms with E-state index in [4.69, 9.17) is 9.47 Å². The van der Waals surface area contributed by atoms with Gasteiger partial charge in [-0.25, -0.2) is 0 Å². The van der Waals surface area contributed by atoms with Gasteiger partial charge in [-0.3, -0.25) is 5.10 Å². The highest BCUT2D eigenvalue weighted by molar-refractivity contribution is 5.97. The van der Waals surface area contributed by atoms with Gasteiger partial charge in [0.25, 0.3) is 0 Å². The van der Waals surface area contributed by atoms with Crippen LogP contribution in [0.5, 0.6) is 5.75 Å². The zero-order valence-corrected chi connectivity index (χ0v) is 19.5. The lowest BCUT2D eigenvalue weighted by Gasteiger charge is -2.30. The van der Waals surface area contributed by atoms with Crippen molar-refractivity contribution in [1.82, 2.24) is 20.4 Å². The Balaban J connectivity index is 1.54. The van der Waals surface area contributed by atoms with Crippen molar-refractivity contribution in [3.63, 3.8) is 0 Å². The van der Waals surface area contributed by atoms with Crippen LogP contribution < -0.4 is 9.64 Å². The third-order valence-electron chi connectivity index (χ3n) is 6.26. The Labute approximate surface area is 198 Å². The number of fused-ring (bicyclic) bond motifs is 1. The Morgan fingerprint density at radius 3 is 2.74 bits per heavy atom. The zero-order valence-electron chi connectivity index (χ0n) is 19.5. The van der Waals surface area contributed by atoms with Crippen LogP contribution in [0.4, 0.5) is 5.69 Å². The normalized spacial score (nSPS) is 14.7. The number of hydrogen-bond donors (Lipinski definition) is 1. The summed E-state index contributed by atoms with van der Waals surface area (Å²) in [5, 5.41) is 26.4. The minimum absolute atomic E-state index is 0.179. The number of aryl methyl sites for hydroxylation is 2. The predicted molar refractivity (Wildman–Crippen MR) is 130 cm³/mol. The average Bonchev–Trinajstić information content (AvgIpc) is 3.27. The Morgan fingerprint density at radius 1 is 1.15 bits per heavy atom. The van der Waals surface area contributed by atoms with Crippen molar-refractivity contribution in [1.29, 1.82) is 5.26 Å². The maximum Gasteiger partial charge on any atom is 0.123 e. The van der Waals surface area contributed by atoms with E-state index in [-0.39, 0.29) is 6.10 Å². The minimum atomic E-state index is -0.179. The van der Waals surface area contributed by atoms with Crippen LogP contribution in [-0.4, -0.2) is 46.7 Å². The average molecular weight is 455 g/mol. The summed E-state index contributed by atoms with van der Waals surface area (Å²) >= 11 is 0. The Morgan fingerprint density at radius 2 is 1.97 bits per heavy atom. The number of morpholine rings is 1. The van der Waals surface area contributed by atoms with E-state index in [9.17, 15) is 5.26 Å². The van der Waals surface area contributed by atoms with Crippen molar-refractivity contribution < 1.29 is 9.47 Å². The summed E-state index contributed by atoms with van der Waals surface area (Å²) in [5.74, 6) is 0.750. The molecule has 0 bridgehead atoms. The van der Waals surface area contributed by atoms with Crippen LogP contribution in [0.3, 0.4) is 0 Å². The summed E-state index contributed by atoms with van der Waals surface area (Å²) in [6, 6.07) is 14.0. The molecule has 3 heterocycles. The molecule has 0 spiro atoms. The van der Waals surface area contributed by atoms with Gasteiger partial charge < -0.3 is 14.4 Å². The molecule has 1 saturated heterocycles. The van der Waals surface area contributed by atoms with Gasteiger partial charge in [0, 0.05) is 35.3 Å². The molecule has 0 radical (unpaired) electrons. The molecule has 0 unspecified atom stereocenters. The molecule has 0 saturated carbocycles. The molecule has 5 rings (SSSR count). The maximum absolute atomic E-state index is 9.47. The molecule has 1 aliphatic rings. The van der Waals surface area contributed by atoms with Crippen molar-refractivity contribution >= 4 is 16.6 Å². The Hall–Kier alpha value is -3.96. The van der Waals surface area contributed by atoms with Crippen molar-refractivity contribution in [3.8, 4) is 23.1 Å². The van der Waals surface area contributed by atoms with Crippen LogP contribution >= 0.6 is 0 Å². The molecular formula is C26H26N6O2. The minimum Gasteiger partial charge on any atom is -0.486 e. The molecule has 8 nitrogen and oxygen atoms in total. The van der Waals surface area contributed by atoms with Crippen molar-refractivity contribution in [2.24, 2.45) is 0 Å². The first-order valence-electron chi connectivity index (χ1n) is 11.4. The number of hydrogen-bond acceptors (Lipinski definition) is 7. The molecule has 8 heteroatoms. The summed E-state index contributed by atoms with van der Waals surface area (Å²) in [6.45, 7) is 8.86. The van der Waals surface area contributed by atoms with E-state index in [1.807, 2.05) is 57.2 Å². The molecule has 0 aliphatic carbocycles. The Kier molecular flexibility index (Phi) is 5.86. The van der Waals surface area contributed by atoms with E-state index in [1.54, 1.807) is 6.20 Å². The second-order valence-corrected chi connectivity index (χ2v) is 8.51. The van der Waals surface area contributed by atoms with E-state index >= 15 is 0 Å². The molecule has 172 valence electrons. The number of aromatic nitrogens is 4. The van der Waals surface area contributed by atoms with Gasteiger partial charge in [0.15, 0.2) is 0 Å². The highest BCUT2D eigenvalue weighted by Gasteiger charge is 2.21. The second-order valence-electron chi connectivity index (χ2n) is 8.51. The number of anilines is 1. The van der Waals surface area contributed by atoms with Crippen LogP contribution in [0.15, 0.2) is 42.6 Å². The molecule has 2 aromatic heterocycles. The number of nitrogens with one attached hydrogen (secondary N) is 1. The predicted octanol–water partition coefficient (Wildman–Crippen LogP) is 4.49. The fraction of sp³-hybridized carbons (Fsp3) is 0.308. The molecule has 1 aliphatic heterocycles. The topological polar surface area (TPSA) is 100.0 Å². The van der Waals surface area contributed by atoms with Crippen LogP contribution in [0.1, 0.15) is 35.4 Å². The fourth-order valence-corrected chi connectivity index (χ4v) is 4.63. The van der Waals surface area contributed by atoms with Gasteiger partial charge in [0.2, 0.25) is 0 Å². The fourth-order valence-electron chi connectivity index (χ4n) is 4.63. The number of rotatable bonds is 5. The maximum atomic E-state index is 9.47. The van der Waals surface area contributed by atoms with Gasteiger partial charge in [-0.15, -0.1) is 0 Å². The van der Waals surface area contributed by atoms with E-state index in [0.717, 1.165) is 63.5 Å². The summed E-state index contributed by atoms with van der Waals surface area (Å²) in [4.78, 5) is 2.25. The molecule has 4 aromatic rings. The lowest BCUT2D eigenvalue weighted by Crippen LogP contribution is -2.36. The summed E-state index contributed by atoms with van der Waals surface area (Å²) in [6.07, 6.45) is 1.58. The number of nitrogens with zero attached hydrogens (tertiary/aromatic N) is 5. The number of ether oxygens (including phenoxy) is 2. The van der Waals surface area contributed by atoms with Gasteiger partial charge in [-0.05, 0) is 62.7 Å². The molecule has 34 heavy (non-hydrogen) atoms. The van der Waals surface area contributed by atoms with Gasteiger partial charge in [-0.1, -0.05) is 0 Å². The summed E-state index contributed by atoms with van der Waals surface area (Å²) in [5.41, 5.74) is 7.31. The van der Waals surface area contributed by atoms with Crippen molar-refractivity contribution in [2.75, 3.05) is 31.2 Å². The largest absolute Gasteiger partial charge is 0.486 e. The van der Waals surface area contributed by atoms with E-state index in [2.05, 4.69) is 31.4 Å². The van der Waals surface area contributed by atoms with Crippen molar-refractivity contribution in [3.05, 3.63) is 65.0 Å². The van der Waals surface area contributed by atoms with Crippen LogP contribution in [0, 0.1) is 25.2 Å². The molecular weight excluding hydrogens is 428 g/mol. The molecule has 2 aromatic carbocycles. The third-order valence-corrected chi connectivity index (χ3v) is 6.26. The first kappa shape index (κ1) is 21.9. The number of H-pyrrole nitrogens is 1.